The van der Waals surface area contributed by atoms with Crippen LogP contribution in [-0.2, 0) is 14.8 Å². The van der Waals surface area contributed by atoms with Gasteiger partial charge in [-0.3, -0.25) is 9.69 Å². The Morgan fingerprint density at radius 1 is 1.11 bits per heavy atom. The minimum Gasteiger partial charge on any atom is -0.302 e. The van der Waals surface area contributed by atoms with Gasteiger partial charge in [-0.2, -0.15) is 4.31 Å². The van der Waals surface area contributed by atoms with Gasteiger partial charge >= 0.3 is 0 Å². The number of likely N-dealkylation sites (N-methyl/N-ethyl adjacent to an activating group) is 1. The molecule has 7 nitrogen and oxygen atoms in total. The second-order valence-corrected chi connectivity index (χ2v) is 13.9. The van der Waals surface area contributed by atoms with E-state index in [0.29, 0.717) is 35.5 Å². The molecular weight excluding hydrogens is 536 g/mol. The molecule has 0 radical (unpaired) electrons. The van der Waals surface area contributed by atoms with E-state index in [1.807, 2.05) is 13.0 Å². The number of piperidine rings is 1. The summed E-state index contributed by atoms with van der Waals surface area (Å²) in [6, 6.07) is 6.46. The highest BCUT2D eigenvalue weighted by molar-refractivity contribution is 7.91. The molecule has 3 heterocycles. The standard InChI is InChI=1S/C25H33ClN4O3S3/c1-5-28(6-2)15-16-29(25-27-23-18(4)17(3)10-11-20(23)34-25)24(31)19-9-7-8-14-30(19)36(32,33)22-13-12-21(26)35-22/h10-13,19H,5-9,14-16H2,1-4H3. The number of amides is 1. The van der Waals surface area contributed by atoms with Crippen molar-refractivity contribution >= 4 is 65.6 Å². The third-order valence-electron chi connectivity index (χ3n) is 6.95. The van der Waals surface area contributed by atoms with Gasteiger partial charge in [-0.25, -0.2) is 13.4 Å². The van der Waals surface area contributed by atoms with Gasteiger partial charge in [-0.15, -0.1) is 11.3 Å². The van der Waals surface area contributed by atoms with E-state index in [0.717, 1.165) is 58.6 Å². The maximum atomic E-state index is 14.2. The second-order valence-electron chi connectivity index (χ2n) is 9.05. The minimum atomic E-state index is -3.84. The van der Waals surface area contributed by atoms with Crippen LogP contribution in [0.3, 0.4) is 0 Å². The fourth-order valence-corrected chi connectivity index (χ4v) is 8.90. The summed E-state index contributed by atoms with van der Waals surface area (Å²) in [5, 5.41) is 0.623. The summed E-state index contributed by atoms with van der Waals surface area (Å²) in [4.78, 5) is 23.0. The van der Waals surface area contributed by atoms with Gasteiger partial charge in [0.2, 0.25) is 5.91 Å². The molecule has 1 aliphatic rings. The van der Waals surface area contributed by atoms with Crippen molar-refractivity contribution in [2.24, 2.45) is 0 Å². The van der Waals surface area contributed by atoms with E-state index >= 15 is 0 Å². The van der Waals surface area contributed by atoms with Crippen LogP contribution >= 0.6 is 34.3 Å². The van der Waals surface area contributed by atoms with Crippen LogP contribution in [0.5, 0.6) is 0 Å². The molecule has 196 valence electrons. The number of fused-ring (bicyclic) bond motifs is 1. The first-order valence-corrected chi connectivity index (χ1v) is 15.8. The Balaban J connectivity index is 1.72. The van der Waals surface area contributed by atoms with E-state index in [9.17, 15) is 13.2 Å². The number of aromatic nitrogens is 1. The van der Waals surface area contributed by atoms with Crippen LogP contribution in [0.1, 0.15) is 44.2 Å². The number of sulfonamides is 1. The van der Waals surface area contributed by atoms with E-state index in [1.165, 1.54) is 21.7 Å². The van der Waals surface area contributed by atoms with Crippen LogP contribution in [0.2, 0.25) is 4.34 Å². The third kappa shape index (κ3) is 5.49. The maximum Gasteiger partial charge on any atom is 0.253 e. The SMILES string of the molecule is CCN(CC)CCN(C(=O)C1CCCCN1S(=O)(=O)c1ccc(Cl)s1)c1nc2c(C)c(C)ccc2s1. The Morgan fingerprint density at radius 2 is 1.86 bits per heavy atom. The second kappa shape index (κ2) is 11.4. The lowest BCUT2D eigenvalue weighted by atomic mass is 10.0. The van der Waals surface area contributed by atoms with E-state index in [4.69, 9.17) is 16.6 Å². The van der Waals surface area contributed by atoms with E-state index in [1.54, 1.807) is 11.0 Å². The average Bonchev–Trinajstić information content (AvgIpc) is 3.51. The number of benzene rings is 1. The highest BCUT2D eigenvalue weighted by atomic mass is 35.5. The summed E-state index contributed by atoms with van der Waals surface area (Å²) in [6.45, 7) is 11.5. The predicted molar refractivity (Wildman–Crippen MR) is 150 cm³/mol. The van der Waals surface area contributed by atoms with Crippen LogP contribution in [0.4, 0.5) is 5.13 Å². The van der Waals surface area contributed by atoms with Crippen LogP contribution in [0.15, 0.2) is 28.5 Å². The lowest BCUT2D eigenvalue weighted by Gasteiger charge is -2.36. The quantitative estimate of drug-likeness (QED) is 0.338. The van der Waals surface area contributed by atoms with Crippen LogP contribution in [0, 0.1) is 13.8 Å². The van der Waals surface area contributed by atoms with Crippen molar-refractivity contribution in [2.45, 2.75) is 57.2 Å². The molecule has 0 spiro atoms. The molecule has 4 rings (SSSR count). The van der Waals surface area contributed by atoms with Gasteiger partial charge in [-0.1, -0.05) is 49.3 Å². The normalized spacial score (nSPS) is 17.2. The summed E-state index contributed by atoms with van der Waals surface area (Å²) >= 11 is 8.56. The van der Waals surface area contributed by atoms with Crippen molar-refractivity contribution in [1.29, 1.82) is 0 Å². The van der Waals surface area contributed by atoms with Crippen LogP contribution in [0.25, 0.3) is 10.2 Å². The molecule has 0 bridgehead atoms. The molecule has 2 aromatic heterocycles. The molecule has 1 amide bonds. The smallest absolute Gasteiger partial charge is 0.253 e. The minimum absolute atomic E-state index is 0.174. The molecule has 1 saturated heterocycles. The summed E-state index contributed by atoms with van der Waals surface area (Å²) in [7, 11) is -3.84. The topological polar surface area (TPSA) is 73.8 Å². The van der Waals surface area contributed by atoms with Crippen molar-refractivity contribution in [2.75, 3.05) is 37.6 Å². The highest BCUT2D eigenvalue weighted by Gasteiger charge is 2.41. The summed E-state index contributed by atoms with van der Waals surface area (Å²) in [5.41, 5.74) is 3.15. The molecular formula is C25H33ClN4O3S3. The van der Waals surface area contributed by atoms with E-state index in [-0.39, 0.29) is 10.1 Å². The van der Waals surface area contributed by atoms with Crippen molar-refractivity contribution in [3.63, 3.8) is 0 Å². The van der Waals surface area contributed by atoms with E-state index < -0.39 is 16.1 Å². The first kappa shape index (κ1) is 27.5. The maximum absolute atomic E-state index is 14.2. The number of rotatable bonds is 9. The monoisotopic (exact) mass is 568 g/mol. The Hall–Kier alpha value is -1.56. The van der Waals surface area contributed by atoms with Crippen molar-refractivity contribution in [3.8, 4) is 0 Å². The number of aryl methyl sites for hydroxylation is 2. The molecule has 0 N–H and O–H groups in total. The van der Waals surface area contributed by atoms with Gasteiger partial charge in [0.1, 0.15) is 10.3 Å². The van der Waals surface area contributed by atoms with E-state index in [2.05, 4.69) is 31.7 Å². The zero-order chi connectivity index (χ0) is 26.0. The van der Waals surface area contributed by atoms with Gasteiger partial charge < -0.3 is 4.90 Å². The fraction of sp³-hybridized carbons (Fsp3) is 0.520. The molecule has 1 fully saturated rings. The number of nitrogens with zero attached hydrogens (tertiary/aromatic N) is 4. The molecule has 1 unspecified atom stereocenters. The first-order chi connectivity index (χ1) is 17.2. The molecule has 0 aliphatic carbocycles. The largest absolute Gasteiger partial charge is 0.302 e. The fourth-order valence-electron chi connectivity index (χ4n) is 4.58. The van der Waals surface area contributed by atoms with Crippen molar-refractivity contribution in [1.82, 2.24) is 14.2 Å². The number of carbonyl (C=O) groups excluding carboxylic acids is 1. The Morgan fingerprint density at radius 3 is 2.53 bits per heavy atom. The highest BCUT2D eigenvalue weighted by Crippen LogP contribution is 2.35. The number of hydrogen-bond donors (Lipinski definition) is 0. The van der Waals surface area contributed by atoms with Gasteiger partial charge in [0.15, 0.2) is 5.13 Å². The molecule has 0 saturated carbocycles. The Kier molecular flexibility index (Phi) is 8.74. The summed E-state index contributed by atoms with van der Waals surface area (Å²) < 4.78 is 30.1. The van der Waals surface area contributed by atoms with Crippen molar-refractivity contribution < 1.29 is 13.2 Å². The van der Waals surface area contributed by atoms with Gasteiger partial charge in [-0.05, 0) is 69.1 Å². The number of thiophene rings is 1. The zero-order valence-electron chi connectivity index (χ0n) is 21.2. The van der Waals surface area contributed by atoms with Crippen molar-refractivity contribution in [3.05, 3.63) is 39.7 Å². The lowest BCUT2D eigenvalue weighted by Crippen LogP contribution is -2.54. The molecule has 1 aromatic carbocycles. The summed E-state index contributed by atoms with van der Waals surface area (Å²) in [6.07, 6.45) is 2.01. The molecule has 11 heteroatoms. The number of carbonyl (C=O) groups is 1. The predicted octanol–water partition coefficient (Wildman–Crippen LogP) is 5.55. The van der Waals surface area contributed by atoms with Gasteiger partial charge in [0, 0.05) is 19.6 Å². The molecule has 1 atom stereocenters. The lowest BCUT2D eigenvalue weighted by molar-refractivity contribution is -0.123. The molecule has 3 aromatic rings. The number of halogens is 1. The van der Waals surface area contributed by atoms with Gasteiger partial charge in [0.05, 0.1) is 14.6 Å². The number of thiazole rings is 1. The number of hydrogen-bond acceptors (Lipinski definition) is 7. The Labute approximate surface area is 226 Å². The Bertz CT molecular complexity index is 1330. The number of anilines is 1. The van der Waals surface area contributed by atoms with Crippen LogP contribution < -0.4 is 4.90 Å². The third-order valence-corrected chi connectivity index (χ3v) is 11.6. The summed E-state index contributed by atoms with van der Waals surface area (Å²) in [5.74, 6) is -0.207. The molecule has 1 aliphatic heterocycles. The molecule has 36 heavy (non-hydrogen) atoms. The van der Waals surface area contributed by atoms with Gasteiger partial charge in [0.25, 0.3) is 10.0 Å². The zero-order valence-corrected chi connectivity index (χ0v) is 24.4. The first-order valence-electron chi connectivity index (χ1n) is 12.3. The average molecular weight is 569 g/mol. The van der Waals surface area contributed by atoms with Crippen LogP contribution in [-0.4, -0.2) is 67.3 Å².